The summed E-state index contributed by atoms with van der Waals surface area (Å²) in [5, 5.41) is 3.77. The predicted octanol–water partition coefficient (Wildman–Crippen LogP) is 4.23. The van der Waals surface area contributed by atoms with E-state index in [1.54, 1.807) is 48.5 Å². The second-order valence-corrected chi connectivity index (χ2v) is 4.96. The number of carbonyl (C=O) groups is 1. The Labute approximate surface area is 127 Å². The summed E-state index contributed by atoms with van der Waals surface area (Å²) in [4.78, 5) is 11.8. The summed E-state index contributed by atoms with van der Waals surface area (Å²) < 4.78 is 0. The van der Waals surface area contributed by atoms with Crippen molar-refractivity contribution in [2.24, 2.45) is 0 Å². The maximum Gasteiger partial charge on any atom is 0.248 e. The monoisotopic (exact) mass is 306 g/mol. The standard InChI is InChI=1S/C15H12Cl2N2O/c16-11-2-1-3-12(9-11)19-15(20)7-5-10-4-6-13(17)14(18)8-10/h1-9H,18H2,(H,19,20)/b7-5+. The predicted molar refractivity (Wildman–Crippen MR) is 85.0 cm³/mol. The molecule has 2 aromatic carbocycles. The fourth-order valence-corrected chi connectivity index (χ4v) is 1.90. The third-order valence-corrected chi connectivity index (χ3v) is 3.12. The van der Waals surface area contributed by atoms with Gasteiger partial charge in [-0.25, -0.2) is 0 Å². The molecule has 5 heteroatoms. The summed E-state index contributed by atoms with van der Waals surface area (Å²) in [6.45, 7) is 0. The zero-order valence-electron chi connectivity index (χ0n) is 10.4. The Morgan fingerprint density at radius 3 is 2.65 bits per heavy atom. The first-order valence-electron chi connectivity index (χ1n) is 5.84. The van der Waals surface area contributed by atoms with E-state index in [1.165, 1.54) is 6.08 Å². The Morgan fingerprint density at radius 2 is 1.95 bits per heavy atom. The first kappa shape index (κ1) is 14.4. The van der Waals surface area contributed by atoms with Gasteiger partial charge in [0.15, 0.2) is 0 Å². The molecule has 102 valence electrons. The van der Waals surface area contributed by atoms with Crippen molar-refractivity contribution in [1.29, 1.82) is 0 Å². The molecule has 0 atom stereocenters. The lowest BCUT2D eigenvalue weighted by molar-refractivity contribution is -0.111. The van der Waals surface area contributed by atoms with E-state index >= 15 is 0 Å². The van der Waals surface area contributed by atoms with Gasteiger partial charge in [-0.1, -0.05) is 35.3 Å². The lowest BCUT2D eigenvalue weighted by Gasteiger charge is -2.02. The molecule has 0 saturated heterocycles. The Balaban J connectivity index is 2.03. The van der Waals surface area contributed by atoms with Crippen LogP contribution in [-0.4, -0.2) is 5.91 Å². The van der Waals surface area contributed by atoms with E-state index in [4.69, 9.17) is 28.9 Å². The summed E-state index contributed by atoms with van der Waals surface area (Å²) in [5.74, 6) is -0.249. The highest BCUT2D eigenvalue weighted by atomic mass is 35.5. The molecule has 0 saturated carbocycles. The van der Waals surface area contributed by atoms with Crippen LogP contribution >= 0.6 is 23.2 Å². The molecule has 2 aromatic rings. The highest BCUT2D eigenvalue weighted by Gasteiger charge is 1.99. The molecule has 0 radical (unpaired) electrons. The summed E-state index contributed by atoms with van der Waals surface area (Å²) in [6.07, 6.45) is 3.08. The number of benzene rings is 2. The van der Waals surface area contributed by atoms with Gasteiger partial charge >= 0.3 is 0 Å². The van der Waals surface area contributed by atoms with Crippen molar-refractivity contribution in [2.75, 3.05) is 11.1 Å². The number of rotatable bonds is 3. The van der Waals surface area contributed by atoms with E-state index in [9.17, 15) is 4.79 Å². The number of anilines is 2. The topological polar surface area (TPSA) is 55.1 Å². The first-order valence-corrected chi connectivity index (χ1v) is 6.60. The molecule has 0 aliphatic heterocycles. The molecule has 3 nitrogen and oxygen atoms in total. The average molecular weight is 307 g/mol. The van der Waals surface area contributed by atoms with Crippen LogP contribution in [0.5, 0.6) is 0 Å². The average Bonchev–Trinajstić information content (AvgIpc) is 2.40. The smallest absolute Gasteiger partial charge is 0.248 e. The van der Waals surface area contributed by atoms with Crippen molar-refractivity contribution < 1.29 is 4.79 Å². The molecule has 0 aromatic heterocycles. The second kappa shape index (κ2) is 6.46. The van der Waals surface area contributed by atoms with E-state index in [2.05, 4.69) is 5.32 Å². The summed E-state index contributed by atoms with van der Waals surface area (Å²) in [6, 6.07) is 12.1. The third-order valence-electron chi connectivity index (χ3n) is 2.54. The van der Waals surface area contributed by atoms with Gasteiger partial charge in [0, 0.05) is 16.8 Å². The lowest BCUT2D eigenvalue weighted by atomic mass is 10.2. The molecular formula is C15H12Cl2N2O. The molecule has 2 rings (SSSR count). The van der Waals surface area contributed by atoms with Crippen molar-refractivity contribution in [2.45, 2.75) is 0 Å². The molecule has 1 amide bonds. The molecular weight excluding hydrogens is 295 g/mol. The SMILES string of the molecule is Nc1cc(/C=C/C(=O)Nc2cccc(Cl)c2)ccc1Cl. The van der Waals surface area contributed by atoms with Crippen LogP contribution in [0.1, 0.15) is 5.56 Å². The van der Waals surface area contributed by atoms with Crippen LogP contribution in [0.25, 0.3) is 6.08 Å². The largest absolute Gasteiger partial charge is 0.398 e. The van der Waals surface area contributed by atoms with E-state index < -0.39 is 0 Å². The lowest BCUT2D eigenvalue weighted by Crippen LogP contribution is -2.07. The van der Waals surface area contributed by atoms with Gasteiger partial charge in [0.1, 0.15) is 0 Å². The van der Waals surface area contributed by atoms with Gasteiger partial charge in [-0.3, -0.25) is 4.79 Å². The van der Waals surface area contributed by atoms with Crippen LogP contribution in [0.3, 0.4) is 0 Å². The zero-order valence-corrected chi connectivity index (χ0v) is 11.9. The second-order valence-electron chi connectivity index (χ2n) is 4.11. The van der Waals surface area contributed by atoms with Gasteiger partial charge in [-0.15, -0.1) is 0 Å². The Kier molecular flexibility index (Phi) is 4.66. The van der Waals surface area contributed by atoms with Gasteiger partial charge in [-0.05, 0) is 42.0 Å². The molecule has 0 unspecified atom stereocenters. The van der Waals surface area contributed by atoms with Crippen LogP contribution in [0.4, 0.5) is 11.4 Å². The number of nitrogen functional groups attached to an aromatic ring is 1. The van der Waals surface area contributed by atoms with Crippen molar-refractivity contribution in [3.8, 4) is 0 Å². The number of hydrogen-bond donors (Lipinski definition) is 2. The Morgan fingerprint density at radius 1 is 1.15 bits per heavy atom. The molecule has 0 heterocycles. The normalized spacial score (nSPS) is 10.7. The summed E-state index contributed by atoms with van der Waals surface area (Å²) in [7, 11) is 0. The first-order chi connectivity index (χ1) is 9.54. The highest BCUT2D eigenvalue weighted by molar-refractivity contribution is 6.33. The number of nitrogens with two attached hydrogens (primary N) is 1. The number of hydrogen-bond acceptors (Lipinski definition) is 2. The van der Waals surface area contributed by atoms with Crippen LogP contribution in [0, 0.1) is 0 Å². The van der Waals surface area contributed by atoms with E-state index in [-0.39, 0.29) is 5.91 Å². The minimum Gasteiger partial charge on any atom is -0.398 e. The Hall–Kier alpha value is -1.97. The number of amides is 1. The molecule has 0 aliphatic rings. The molecule has 0 spiro atoms. The van der Waals surface area contributed by atoms with Crippen LogP contribution in [-0.2, 0) is 4.79 Å². The highest BCUT2D eigenvalue weighted by Crippen LogP contribution is 2.20. The molecule has 0 bridgehead atoms. The minimum absolute atomic E-state index is 0.249. The van der Waals surface area contributed by atoms with Gasteiger partial charge in [0.2, 0.25) is 5.91 Å². The van der Waals surface area contributed by atoms with Crippen molar-refractivity contribution in [3.63, 3.8) is 0 Å². The number of halogens is 2. The molecule has 3 N–H and O–H groups in total. The fraction of sp³-hybridized carbons (Fsp3) is 0. The van der Waals surface area contributed by atoms with E-state index in [0.717, 1.165) is 5.56 Å². The van der Waals surface area contributed by atoms with Crippen molar-refractivity contribution in [3.05, 3.63) is 64.1 Å². The summed E-state index contributed by atoms with van der Waals surface area (Å²) >= 11 is 11.7. The van der Waals surface area contributed by atoms with E-state index in [0.29, 0.717) is 21.4 Å². The number of carbonyl (C=O) groups excluding carboxylic acids is 1. The minimum atomic E-state index is -0.249. The molecule has 20 heavy (non-hydrogen) atoms. The van der Waals surface area contributed by atoms with Gasteiger partial charge < -0.3 is 11.1 Å². The Bertz CT molecular complexity index is 669. The number of nitrogens with one attached hydrogen (secondary N) is 1. The molecule has 0 fully saturated rings. The van der Waals surface area contributed by atoms with Crippen molar-refractivity contribution >= 4 is 46.6 Å². The fourth-order valence-electron chi connectivity index (χ4n) is 1.59. The summed E-state index contributed by atoms with van der Waals surface area (Å²) in [5.41, 5.74) is 7.60. The van der Waals surface area contributed by atoms with Crippen molar-refractivity contribution in [1.82, 2.24) is 0 Å². The van der Waals surface area contributed by atoms with Crippen LogP contribution in [0.2, 0.25) is 10.0 Å². The zero-order chi connectivity index (χ0) is 14.5. The van der Waals surface area contributed by atoms with Crippen LogP contribution < -0.4 is 11.1 Å². The third kappa shape index (κ3) is 4.02. The van der Waals surface area contributed by atoms with E-state index in [1.807, 2.05) is 0 Å². The maximum atomic E-state index is 11.8. The van der Waals surface area contributed by atoms with Gasteiger partial charge in [0.25, 0.3) is 0 Å². The maximum absolute atomic E-state index is 11.8. The van der Waals surface area contributed by atoms with Gasteiger partial charge in [-0.2, -0.15) is 0 Å². The molecule has 0 aliphatic carbocycles. The van der Waals surface area contributed by atoms with Crippen LogP contribution in [0.15, 0.2) is 48.5 Å². The van der Waals surface area contributed by atoms with Gasteiger partial charge in [0.05, 0.1) is 10.7 Å². The quantitative estimate of drug-likeness (QED) is 0.658.